The average Bonchev–Trinajstić information content (AvgIpc) is 3.01. The van der Waals surface area contributed by atoms with Crippen molar-refractivity contribution in [2.24, 2.45) is 0 Å². The number of aromatic amines is 2. The molecule has 8 nitrogen and oxygen atoms in total. The number of nitrogens with one attached hydrogen (secondary N) is 3. The maximum Gasteiger partial charge on any atom is 0.323 e. The van der Waals surface area contributed by atoms with E-state index >= 15 is 0 Å². The topological polar surface area (TPSA) is 107 Å². The van der Waals surface area contributed by atoms with Crippen molar-refractivity contribution >= 4 is 32.4 Å². The molecule has 1 unspecified atom stereocenters. The van der Waals surface area contributed by atoms with E-state index in [2.05, 4.69) is 19.6 Å². The smallest absolute Gasteiger partial charge is 0.323 e. The van der Waals surface area contributed by atoms with Gasteiger partial charge in [0.15, 0.2) is 0 Å². The summed E-state index contributed by atoms with van der Waals surface area (Å²) in [6.07, 6.45) is 0.173. The van der Waals surface area contributed by atoms with Gasteiger partial charge in [-0.2, -0.15) is 0 Å². The van der Waals surface area contributed by atoms with E-state index in [-0.39, 0.29) is 16.7 Å². The second kappa shape index (κ2) is 6.75. The number of nitrogens with zero attached hydrogens (tertiary/aromatic N) is 1. The molecule has 4 rings (SSSR count). The molecule has 3 aromatic rings. The first-order chi connectivity index (χ1) is 12.9. The number of hydrogen-bond acceptors (Lipinski definition) is 5. The van der Waals surface area contributed by atoms with Crippen LogP contribution in [0.25, 0.3) is 11.0 Å². The van der Waals surface area contributed by atoms with Crippen molar-refractivity contribution < 1.29 is 13.2 Å². The quantitative estimate of drug-likeness (QED) is 0.633. The van der Waals surface area contributed by atoms with Crippen molar-refractivity contribution in [2.45, 2.75) is 17.9 Å². The highest BCUT2D eigenvalue weighted by molar-refractivity contribution is 7.92. The molecule has 9 heteroatoms. The Balaban J connectivity index is 1.54. The van der Waals surface area contributed by atoms with E-state index in [9.17, 15) is 13.2 Å². The van der Waals surface area contributed by atoms with Gasteiger partial charge in [-0.05, 0) is 49.4 Å². The summed E-state index contributed by atoms with van der Waals surface area (Å²) in [5.41, 5.74) is 2.13. The summed E-state index contributed by atoms with van der Waals surface area (Å²) in [6.45, 7) is 4.33. The molecule has 27 heavy (non-hydrogen) atoms. The average molecular weight is 388 g/mol. The Labute approximate surface area is 156 Å². The molecule has 1 aliphatic heterocycles. The largest absolute Gasteiger partial charge is 0.375 e. The lowest BCUT2D eigenvalue weighted by atomic mass is 10.2. The Morgan fingerprint density at radius 3 is 2.59 bits per heavy atom. The van der Waals surface area contributed by atoms with Crippen LogP contribution in [0.15, 0.2) is 52.2 Å². The standard InChI is InChI=1S/C18H20N4O4S/c1-12-11-22(8-9-26-12)14-4-2-13(3-5-14)21-27(24,25)15-6-7-16-17(10-15)20-18(23)19-16/h2-7,10,12,21H,8-9,11H2,1H3,(H2,19,20,23). The number of rotatable bonds is 4. The minimum atomic E-state index is -3.76. The van der Waals surface area contributed by atoms with Gasteiger partial charge in [-0.15, -0.1) is 0 Å². The molecule has 0 aliphatic carbocycles. The number of anilines is 2. The van der Waals surface area contributed by atoms with Gasteiger partial charge in [0.05, 0.1) is 28.6 Å². The summed E-state index contributed by atoms with van der Waals surface area (Å²) < 4.78 is 33.4. The summed E-state index contributed by atoms with van der Waals surface area (Å²) in [5.74, 6) is 0. The van der Waals surface area contributed by atoms with Crippen molar-refractivity contribution in [3.63, 3.8) is 0 Å². The molecule has 3 N–H and O–H groups in total. The van der Waals surface area contributed by atoms with Crippen molar-refractivity contribution in [3.8, 4) is 0 Å². The highest BCUT2D eigenvalue weighted by Crippen LogP contribution is 2.23. The first-order valence-corrected chi connectivity index (χ1v) is 10.1. The predicted molar refractivity (Wildman–Crippen MR) is 104 cm³/mol. The Morgan fingerprint density at radius 2 is 1.85 bits per heavy atom. The van der Waals surface area contributed by atoms with Gasteiger partial charge >= 0.3 is 5.69 Å². The predicted octanol–water partition coefficient (Wildman–Crippen LogP) is 1.88. The van der Waals surface area contributed by atoms with Crippen molar-refractivity contribution in [1.82, 2.24) is 9.97 Å². The van der Waals surface area contributed by atoms with E-state index in [4.69, 9.17) is 4.74 Å². The summed E-state index contributed by atoms with van der Waals surface area (Å²) >= 11 is 0. The van der Waals surface area contributed by atoms with Crippen LogP contribution in [0, 0.1) is 0 Å². The second-order valence-corrected chi connectivity index (χ2v) is 8.25. The van der Waals surface area contributed by atoms with Crippen LogP contribution in [0.4, 0.5) is 11.4 Å². The SMILES string of the molecule is CC1CN(c2ccc(NS(=O)(=O)c3ccc4[nH]c(=O)[nH]c4c3)cc2)CCO1. The molecule has 2 heterocycles. The molecule has 1 fully saturated rings. The fourth-order valence-corrected chi connectivity index (χ4v) is 4.27. The first-order valence-electron chi connectivity index (χ1n) is 8.62. The van der Waals surface area contributed by atoms with E-state index in [0.29, 0.717) is 23.3 Å². The summed E-state index contributed by atoms with van der Waals surface area (Å²) in [4.78, 5) is 18.8. The van der Waals surface area contributed by atoms with E-state index in [1.165, 1.54) is 12.1 Å². The number of ether oxygens (including phenoxy) is 1. The maximum absolute atomic E-state index is 12.6. The highest BCUT2D eigenvalue weighted by atomic mass is 32.2. The van der Waals surface area contributed by atoms with Gasteiger partial charge < -0.3 is 19.6 Å². The fourth-order valence-electron chi connectivity index (χ4n) is 3.19. The van der Waals surface area contributed by atoms with Gasteiger partial charge in [-0.3, -0.25) is 4.72 Å². The first kappa shape index (κ1) is 17.6. The lowest BCUT2D eigenvalue weighted by Crippen LogP contribution is -2.41. The van der Waals surface area contributed by atoms with Crippen LogP contribution in [0.3, 0.4) is 0 Å². The number of sulfonamides is 1. The summed E-state index contributed by atoms with van der Waals surface area (Å²) in [7, 11) is -3.76. The van der Waals surface area contributed by atoms with Gasteiger partial charge in [0.1, 0.15) is 0 Å². The van der Waals surface area contributed by atoms with E-state index in [0.717, 1.165) is 18.8 Å². The normalized spacial score (nSPS) is 18.0. The molecule has 0 amide bonds. The van der Waals surface area contributed by atoms with Crippen LogP contribution in [0.5, 0.6) is 0 Å². The van der Waals surface area contributed by atoms with Crippen molar-refractivity contribution in [2.75, 3.05) is 29.3 Å². The fraction of sp³-hybridized carbons (Fsp3) is 0.278. The third-order valence-corrected chi connectivity index (χ3v) is 5.90. The molecule has 1 aliphatic rings. The van der Waals surface area contributed by atoms with Crippen LogP contribution >= 0.6 is 0 Å². The lowest BCUT2D eigenvalue weighted by molar-refractivity contribution is 0.0532. The molecule has 1 atom stereocenters. The Morgan fingerprint density at radius 1 is 1.11 bits per heavy atom. The number of benzene rings is 2. The molecule has 1 aromatic heterocycles. The van der Waals surface area contributed by atoms with Crippen molar-refractivity contribution in [3.05, 3.63) is 52.9 Å². The number of hydrogen-bond donors (Lipinski definition) is 3. The Hall–Kier alpha value is -2.78. The zero-order chi connectivity index (χ0) is 19.0. The second-order valence-electron chi connectivity index (χ2n) is 6.57. The molecule has 2 aromatic carbocycles. The zero-order valence-electron chi connectivity index (χ0n) is 14.7. The Bertz CT molecular complexity index is 1120. The number of fused-ring (bicyclic) bond motifs is 1. The minimum Gasteiger partial charge on any atom is -0.375 e. The third-order valence-electron chi connectivity index (χ3n) is 4.52. The highest BCUT2D eigenvalue weighted by Gasteiger charge is 2.18. The number of H-pyrrole nitrogens is 2. The van der Waals surface area contributed by atoms with Gasteiger partial charge in [0.2, 0.25) is 0 Å². The third kappa shape index (κ3) is 3.69. The molecular weight excluding hydrogens is 368 g/mol. The molecule has 0 saturated carbocycles. The van der Waals surface area contributed by atoms with Crippen LogP contribution in [-0.2, 0) is 14.8 Å². The van der Waals surface area contributed by atoms with Gasteiger partial charge in [-0.25, -0.2) is 13.2 Å². The summed E-state index contributed by atoms with van der Waals surface area (Å²) in [6, 6.07) is 11.7. The monoisotopic (exact) mass is 388 g/mol. The molecule has 0 spiro atoms. The van der Waals surface area contributed by atoms with Crippen LogP contribution in [0.2, 0.25) is 0 Å². The summed E-state index contributed by atoms with van der Waals surface area (Å²) in [5, 5.41) is 0. The number of morpholine rings is 1. The number of aromatic nitrogens is 2. The maximum atomic E-state index is 12.6. The van der Waals surface area contributed by atoms with Crippen molar-refractivity contribution in [1.29, 1.82) is 0 Å². The molecular formula is C18H20N4O4S. The van der Waals surface area contributed by atoms with Crippen LogP contribution in [0.1, 0.15) is 6.92 Å². The zero-order valence-corrected chi connectivity index (χ0v) is 15.5. The molecule has 0 radical (unpaired) electrons. The number of imidazole rings is 1. The van der Waals surface area contributed by atoms with E-state index in [1.807, 2.05) is 19.1 Å². The van der Waals surface area contributed by atoms with Crippen LogP contribution in [-0.4, -0.2) is 44.2 Å². The van der Waals surface area contributed by atoms with E-state index < -0.39 is 10.0 Å². The van der Waals surface area contributed by atoms with Gasteiger partial charge in [-0.1, -0.05) is 0 Å². The Kier molecular flexibility index (Phi) is 4.40. The lowest BCUT2D eigenvalue weighted by Gasteiger charge is -2.33. The van der Waals surface area contributed by atoms with Crippen LogP contribution < -0.4 is 15.3 Å². The molecule has 0 bridgehead atoms. The molecule has 142 valence electrons. The minimum absolute atomic E-state index is 0.0799. The molecule has 1 saturated heterocycles. The van der Waals surface area contributed by atoms with E-state index in [1.54, 1.807) is 18.2 Å². The van der Waals surface area contributed by atoms with Gasteiger partial charge in [0, 0.05) is 24.5 Å². The van der Waals surface area contributed by atoms with Gasteiger partial charge in [0.25, 0.3) is 10.0 Å².